The van der Waals surface area contributed by atoms with Crippen molar-refractivity contribution in [2.75, 3.05) is 32.2 Å². The maximum absolute atomic E-state index is 14.4. The van der Waals surface area contributed by atoms with Gasteiger partial charge in [0.05, 0.1) is 19.9 Å². The molecule has 10 heteroatoms. The summed E-state index contributed by atoms with van der Waals surface area (Å²) < 4.78 is 64.5. The number of rotatable bonds is 5. The molecule has 3 aromatic rings. The predicted octanol–water partition coefficient (Wildman–Crippen LogP) is 4.91. The fraction of sp³-hybridized carbons (Fsp3) is 0.333. The summed E-state index contributed by atoms with van der Waals surface area (Å²) in [5.41, 5.74) is 7.72. The summed E-state index contributed by atoms with van der Waals surface area (Å²) in [4.78, 5) is 10.1. The second-order valence-electron chi connectivity index (χ2n) is 8.04. The van der Waals surface area contributed by atoms with Gasteiger partial charge in [-0.25, -0.2) is 9.37 Å². The number of piperidine rings is 1. The molecule has 0 atom stereocenters. The molecule has 1 saturated heterocycles. The van der Waals surface area contributed by atoms with Gasteiger partial charge in [0.1, 0.15) is 17.3 Å². The minimum absolute atomic E-state index is 0.0570. The van der Waals surface area contributed by atoms with Crippen LogP contribution in [0.5, 0.6) is 11.6 Å². The molecule has 0 spiro atoms. The molecule has 6 nitrogen and oxygen atoms in total. The minimum Gasteiger partial charge on any atom is -0.497 e. The van der Waals surface area contributed by atoms with Crippen molar-refractivity contribution in [2.24, 2.45) is 5.73 Å². The highest BCUT2D eigenvalue weighted by molar-refractivity contribution is 5.92. The lowest BCUT2D eigenvalue weighted by atomic mass is 9.95. The van der Waals surface area contributed by atoms with E-state index in [1.54, 1.807) is 18.5 Å². The van der Waals surface area contributed by atoms with E-state index >= 15 is 0 Å². The zero-order valence-corrected chi connectivity index (χ0v) is 18.7. The molecule has 2 N–H and O–H groups in total. The average Bonchev–Trinajstić information content (AvgIpc) is 2.82. The van der Waals surface area contributed by atoms with Gasteiger partial charge in [-0.15, -0.1) is 0 Å². The van der Waals surface area contributed by atoms with Crippen LogP contribution in [-0.2, 0) is 6.18 Å². The largest absolute Gasteiger partial charge is 0.497 e. The van der Waals surface area contributed by atoms with Crippen molar-refractivity contribution in [1.82, 2.24) is 9.97 Å². The van der Waals surface area contributed by atoms with Gasteiger partial charge in [-0.3, -0.25) is 4.98 Å². The summed E-state index contributed by atoms with van der Waals surface area (Å²) in [6.45, 7) is 1.24. The smallest absolute Gasteiger partial charge is 0.433 e. The van der Waals surface area contributed by atoms with Crippen LogP contribution in [0.3, 0.4) is 0 Å². The quantitative estimate of drug-likeness (QED) is 0.528. The second-order valence-corrected chi connectivity index (χ2v) is 8.04. The highest BCUT2D eigenvalue weighted by atomic mass is 19.4. The number of nitrogens with two attached hydrogens (primary N) is 1. The normalized spacial score (nSPS) is 14.9. The second kappa shape index (κ2) is 9.46. The summed E-state index contributed by atoms with van der Waals surface area (Å²) in [5.74, 6) is -0.332. The standard InChI is InChI=1S/C24H24F4N4O2/c1-33-17-10-14(9-15(25)11-17)19-12-30-13-20(22(19)32-7-5-16(29)6-8-32)18-3-4-21(24(26,27)28)31-23(18)34-2/h3-4,9-13,16H,5-8,29H2,1-2H3. The summed E-state index contributed by atoms with van der Waals surface area (Å²) in [6.07, 6.45) is 0.00424. The van der Waals surface area contributed by atoms with Crippen molar-refractivity contribution >= 4 is 5.69 Å². The van der Waals surface area contributed by atoms with Gasteiger partial charge in [-0.05, 0) is 42.7 Å². The lowest BCUT2D eigenvalue weighted by Gasteiger charge is -2.35. The van der Waals surface area contributed by atoms with E-state index in [1.807, 2.05) is 0 Å². The SMILES string of the molecule is COc1cc(F)cc(-c2cncc(-c3ccc(C(F)(F)F)nc3OC)c2N2CCC(N)CC2)c1. The molecule has 3 heterocycles. The zero-order chi connectivity index (χ0) is 24.5. The third kappa shape index (κ3) is 4.77. The molecular weight excluding hydrogens is 452 g/mol. The van der Waals surface area contributed by atoms with E-state index in [1.165, 1.54) is 32.4 Å². The lowest BCUT2D eigenvalue weighted by Crippen LogP contribution is -2.40. The molecular formula is C24H24F4N4O2. The number of hydrogen-bond donors (Lipinski definition) is 1. The van der Waals surface area contributed by atoms with E-state index in [0.29, 0.717) is 46.8 Å². The Hall–Kier alpha value is -3.40. The fourth-order valence-electron chi connectivity index (χ4n) is 4.12. The van der Waals surface area contributed by atoms with Crippen molar-refractivity contribution in [1.29, 1.82) is 0 Å². The van der Waals surface area contributed by atoms with Crippen LogP contribution >= 0.6 is 0 Å². The Bertz CT molecular complexity index is 1180. The number of methoxy groups -OCH3 is 2. The van der Waals surface area contributed by atoms with E-state index in [2.05, 4.69) is 14.9 Å². The first kappa shape index (κ1) is 23.7. The van der Waals surface area contributed by atoms with Crippen molar-refractivity contribution in [2.45, 2.75) is 25.1 Å². The predicted molar refractivity (Wildman–Crippen MR) is 120 cm³/mol. The van der Waals surface area contributed by atoms with E-state index in [9.17, 15) is 17.6 Å². The fourth-order valence-corrected chi connectivity index (χ4v) is 4.12. The number of alkyl halides is 3. The summed E-state index contributed by atoms with van der Waals surface area (Å²) in [5, 5.41) is 0. The molecule has 1 fully saturated rings. The van der Waals surface area contributed by atoms with Crippen LogP contribution in [0, 0.1) is 5.82 Å². The van der Waals surface area contributed by atoms with Crippen molar-refractivity contribution in [3.05, 3.63) is 54.2 Å². The molecule has 0 unspecified atom stereocenters. The van der Waals surface area contributed by atoms with Gasteiger partial charge >= 0.3 is 6.18 Å². The summed E-state index contributed by atoms with van der Waals surface area (Å²) >= 11 is 0. The maximum Gasteiger partial charge on any atom is 0.433 e. The van der Waals surface area contributed by atoms with Gasteiger partial charge in [-0.2, -0.15) is 13.2 Å². The summed E-state index contributed by atoms with van der Waals surface area (Å²) in [7, 11) is 2.71. The van der Waals surface area contributed by atoms with Crippen LogP contribution in [-0.4, -0.2) is 43.3 Å². The van der Waals surface area contributed by atoms with Crippen molar-refractivity contribution < 1.29 is 27.0 Å². The molecule has 0 bridgehead atoms. The van der Waals surface area contributed by atoms with Gasteiger partial charge in [0, 0.05) is 54.3 Å². The van der Waals surface area contributed by atoms with E-state index < -0.39 is 17.7 Å². The molecule has 1 aliphatic rings. The Morgan fingerprint density at radius 3 is 2.32 bits per heavy atom. The lowest BCUT2D eigenvalue weighted by molar-refractivity contribution is -0.141. The highest BCUT2D eigenvalue weighted by Crippen LogP contribution is 2.44. The zero-order valence-electron chi connectivity index (χ0n) is 18.7. The topological polar surface area (TPSA) is 73.5 Å². The van der Waals surface area contributed by atoms with Crippen LogP contribution in [0.4, 0.5) is 23.2 Å². The molecule has 4 rings (SSSR count). The number of benzene rings is 1. The number of nitrogens with zero attached hydrogens (tertiary/aromatic N) is 3. The highest BCUT2D eigenvalue weighted by Gasteiger charge is 2.34. The Labute approximate surface area is 194 Å². The Morgan fingerprint density at radius 1 is 0.971 bits per heavy atom. The molecule has 180 valence electrons. The Balaban J connectivity index is 1.94. The van der Waals surface area contributed by atoms with Gasteiger partial charge in [0.25, 0.3) is 0 Å². The van der Waals surface area contributed by atoms with Crippen LogP contribution in [0.2, 0.25) is 0 Å². The number of aromatic nitrogens is 2. The van der Waals surface area contributed by atoms with Gasteiger partial charge < -0.3 is 20.1 Å². The number of halogens is 4. The third-order valence-corrected chi connectivity index (χ3v) is 5.83. The third-order valence-electron chi connectivity index (χ3n) is 5.83. The van der Waals surface area contributed by atoms with Crippen LogP contribution < -0.4 is 20.1 Å². The number of anilines is 1. The van der Waals surface area contributed by atoms with E-state index in [-0.39, 0.29) is 11.9 Å². The molecule has 2 aromatic heterocycles. The Kier molecular flexibility index (Phi) is 6.60. The number of pyridine rings is 2. The molecule has 0 amide bonds. The van der Waals surface area contributed by atoms with Gasteiger partial charge in [0.15, 0.2) is 0 Å². The molecule has 1 aliphatic heterocycles. The summed E-state index contributed by atoms with van der Waals surface area (Å²) in [6, 6.07) is 6.60. The molecule has 0 saturated carbocycles. The van der Waals surface area contributed by atoms with E-state index in [4.69, 9.17) is 15.2 Å². The van der Waals surface area contributed by atoms with Crippen LogP contribution in [0.15, 0.2) is 42.7 Å². The van der Waals surface area contributed by atoms with Crippen LogP contribution in [0.1, 0.15) is 18.5 Å². The minimum atomic E-state index is -4.62. The molecule has 34 heavy (non-hydrogen) atoms. The molecule has 0 radical (unpaired) electrons. The van der Waals surface area contributed by atoms with E-state index in [0.717, 1.165) is 18.9 Å². The first-order valence-corrected chi connectivity index (χ1v) is 10.7. The number of ether oxygens (including phenoxy) is 2. The van der Waals surface area contributed by atoms with Crippen molar-refractivity contribution in [3.63, 3.8) is 0 Å². The molecule has 1 aromatic carbocycles. The molecule has 0 aliphatic carbocycles. The van der Waals surface area contributed by atoms with Crippen LogP contribution in [0.25, 0.3) is 22.3 Å². The maximum atomic E-state index is 14.4. The van der Waals surface area contributed by atoms with Gasteiger partial charge in [-0.1, -0.05) is 0 Å². The number of hydrogen-bond acceptors (Lipinski definition) is 6. The van der Waals surface area contributed by atoms with Crippen molar-refractivity contribution in [3.8, 4) is 33.9 Å². The average molecular weight is 476 g/mol. The first-order valence-electron chi connectivity index (χ1n) is 10.7. The monoisotopic (exact) mass is 476 g/mol. The Morgan fingerprint density at radius 2 is 1.68 bits per heavy atom. The first-order chi connectivity index (χ1) is 16.2. The van der Waals surface area contributed by atoms with Gasteiger partial charge in [0.2, 0.25) is 5.88 Å².